The summed E-state index contributed by atoms with van der Waals surface area (Å²) in [6.45, 7) is 2.77. The van der Waals surface area contributed by atoms with Gasteiger partial charge < -0.3 is 14.2 Å². The Labute approximate surface area is 128 Å². The van der Waals surface area contributed by atoms with Crippen molar-refractivity contribution in [1.82, 2.24) is 0 Å². The molecule has 1 aliphatic rings. The van der Waals surface area contributed by atoms with Gasteiger partial charge in [-0.25, -0.2) is 0 Å². The van der Waals surface area contributed by atoms with Crippen molar-refractivity contribution in [2.75, 3.05) is 11.5 Å². The van der Waals surface area contributed by atoms with Crippen molar-refractivity contribution in [3.63, 3.8) is 0 Å². The molecule has 0 N–H and O–H groups in total. The fraction of sp³-hybridized carbons (Fsp3) is 0.600. The highest BCUT2D eigenvalue weighted by molar-refractivity contribution is 14.1. The molecule has 0 aliphatic carbocycles. The Morgan fingerprint density at radius 2 is 2.11 bits per heavy atom. The lowest BCUT2D eigenvalue weighted by Crippen LogP contribution is -2.51. The summed E-state index contributed by atoms with van der Waals surface area (Å²) in [7, 11) is 1.70. The second-order valence-corrected chi connectivity index (χ2v) is 5.95. The van der Waals surface area contributed by atoms with Gasteiger partial charge in [0.05, 0.1) is 18.3 Å². The third-order valence-corrected chi connectivity index (χ3v) is 4.49. The van der Waals surface area contributed by atoms with Crippen molar-refractivity contribution in [3.8, 4) is 0 Å². The second kappa shape index (κ2) is 7.02. The minimum atomic E-state index is -0.230. The molecule has 1 aromatic rings. The molecule has 3 atom stereocenters. The predicted octanol–water partition coefficient (Wildman–Crippen LogP) is 3.55. The summed E-state index contributed by atoms with van der Waals surface area (Å²) in [5.41, 5.74) is 0.969. The van der Waals surface area contributed by atoms with Crippen LogP contribution < -0.4 is 0 Å². The normalized spacial score (nSPS) is 31.3. The monoisotopic (exact) mass is 376 g/mol. The van der Waals surface area contributed by atoms with Crippen LogP contribution in [0.2, 0.25) is 0 Å². The molecular formula is C15H21IO3. The summed E-state index contributed by atoms with van der Waals surface area (Å²) >= 11 is 2.35. The average Bonchev–Trinajstić information content (AvgIpc) is 2.47. The molecule has 0 unspecified atom stereocenters. The summed E-state index contributed by atoms with van der Waals surface area (Å²) < 4.78 is 18.3. The standard InChI is InChI=1S/C15H21IO3/c1-15(18-11-12-6-4-3-5-7-12)9-8-14(17-2)19-13(15)10-16/h3-7,13-14H,8-11H2,1-2H3/t13-,14+,15+/m1/s1. The van der Waals surface area contributed by atoms with Crippen molar-refractivity contribution >= 4 is 22.6 Å². The minimum Gasteiger partial charge on any atom is -0.368 e. The Hall–Kier alpha value is -0.170. The number of methoxy groups -OCH3 is 1. The van der Waals surface area contributed by atoms with Crippen LogP contribution in [0.3, 0.4) is 0 Å². The molecule has 0 radical (unpaired) electrons. The van der Waals surface area contributed by atoms with Gasteiger partial charge in [-0.05, 0) is 18.9 Å². The Morgan fingerprint density at radius 3 is 2.74 bits per heavy atom. The largest absolute Gasteiger partial charge is 0.368 e. The second-order valence-electron chi connectivity index (χ2n) is 5.07. The SMILES string of the molecule is CO[C@@H]1CC[C@](C)(OCc2ccccc2)[C@@H](CI)O1. The maximum atomic E-state index is 6.17. The molecule has 1 heterocycles. The third-order valence-electron chi connectivity index (χ3n) is 3.69. The van der Waals surface area contributed by atoms with E-state index in [9.17, 15) is 0 Å². The Bertz CT molecular complexity index is 384. The van der Waals surface area contributed by atoms with E-state index in [0.29, 0.717) is 6.61 Å². The van der Waals surface area contributed by atoms with Crippen LogP contribution in [0, 0.1) is 0 Å². The quantitative estimate of drug-likeness (QED) is 0.581. The van der Waals surface area contributed by atoms with Crippen molar-refractivity contribution in [3.05, 3.63) is 35.9 Å². The van der Waals surface area contributed by atoms with Gasteiger partial charge in [0, 0.05) is 18.0 Å². The van der Waals surface area contributed by atoms with Crippen LogP contribution in [0.25, 0.3) is 0 Å². The summed E-state index contributed by atoms with van der Waals surface area (Å²) in [4.78, 5) is 0. The molecule has 2 rings (SSSR count). The fourth-order valence-corrected chi connectivity index (χ4v) is 3.46. The fourth-order valence-electron chi connectivity index (χ4n) is 2.32. The Morgan fingerprint density at radius 1 is 1.37 bits per heavy atom. The van der Waals surface area contributed by atoms with E-state index in [0.717, 1.165) is 17.3 Å². The van der Waals surface area contributed by atoms with Gasteiger partial charge in [-0.2, -0.15) is 0 Å². The van der Waals surface area contributed by atoms with Crippen molar-refractivity contribution < 1.29 is 14.2 Å². The van der Waals surface area contributed by atoms with Gasteiger partial charge >= 0.3 is 0 Å². The maximum Gasteiger partial charge on any atom is 0.157 e. The highest BCUT2D eigenvalue weighted by atomic mass is 127. The molecule has 1 aromatic carbocycles. The Balaban J connectivity index is 1.97. The van der Waals surface area contributed by atoms with Crippen LogP contribution in [-0.4, -0.2) is 29.5 Å². The van der Waals surface area contributed by atoms with Crippen LogP contribution in [-0.2, 0) is 20.8 Å². The lowest BCUT2D eigenvalue weighted by atomic mass is 9.91. The molecule has 1 aliphatic heterocycles. The summed E-state index contributed by atoms with van der Waals surface area (Å²) in [5.74, 6) is 0. The van der Waals surface area contributed by atoms with E-state index < -0.39 is 0 Å². The number of alkyl halides is 1. The van der Waals surface area contributed by atoms with E-state index in [1.54, 1.807) is 7.11 Å². The molecule has 0 spiro atoms. The summed E-state index contributed by atoms with van der Waals surface area (Å²) in [6.07, 6.45) is 1.84. The molecule has 1 fully saturated rings. The third kappa shape index (κ3) is 3.90. The van der Waals surface area contributed by atoms with Gasteiger partial charge in [-0.15, -0.1) is 0 Å². The van der Waals surface area contributed by atoms with Gasteiger partial charge in [0.15, 0.2) is 6.29 Å². The zero-order valence-electron chi connectivity index (χ0n) is 11.5. The molecule has 4 heteroatoms. The first kappa shape index (κ1) is 15.2. The molecule has 1 saturated heterocycles. The van der Waals surface area contributed by atoms with Gasteiger partial charge in [0.2, 0.25) is 0 Å². The van der Waals surface area contributed by atoms with E-state index in [4.69, 9.17) is 14.2 Å². The first-order valence-electron chi connectivity index (χ1n) is 6.60. The number of ether oxygens (including phenoxy) is 3. The molecule has 106 valence electrons. The molecule has 0 amide bonds. The first-order valence-corrected chi connectivity index (χ1v) is 8.12. The topological polar surface area (TPSA) is 27.7 Å². The van der Waals surface area contributed by atoms with Gasteiger partial charge in [0.25, 0.3) is 0 Å². The zero-order valence-corrected chi connectivity index (χ0v) is 13.6. The van der Waals surface area contributed by atoms with Crippen molar-refractivity contribution in [2.24, 2.45) is 0 Å². The van der Waals surface area contributed by atoms with Crippen LogP contribution >= 0.6 is 22.6 Å². The molecule has 0 bridgehead atoms. The predicted molar refractivity (Wildman–Crippen MR) is 83.4 cm³/mol. The van der Waals surface area contributed by atoms with Gasteiger partial charge in [-0.3, -0.25) is 0 Å². The zero-order chi connectivity index (χ0) is 13.7. The van der Waals surface area contributed by atoms with Crippen LogP contribution in [0.4, 0.5) is 0 Å². The highest BCUT2D eigenvalue weighted by Crippen LogP contribution is 2.34. The first-order chi connectivity index (χ1) is 9.18. The van der Waals surface area contributed by atoms with Crippen molar-refractivity contribution in [1.29, 1.82) is 0 Å². The molecule has 0 aromatic heterocycles. The molecule has 19 heavy (non-hydrogen) atoms. The molecule has 0 saturated carbocycles. The smallest absolute Gasteiger partial charge is 0.157 e. The van der Waals surface area contributed by atoms with E-state index in [-0.39, 0.29) is 18.0 Å². The highest BCUT2D eigenvalue weighted by Gasteiger charge is 2.41. The van der Waals surface area contributed by atoms with Crippen LogP contribution in [0.15, 0.2) is 30.3 Å². The van der Waals surface area contributed by atoms with Crippen LogP contribution in [0.1, 0.15) is 25.3 Å². The van der Waals surface area contributed by atoms with E-state index in [1.807, 2.05) is 18.2 Å². The van der Waals surface area contributed by atoms with Crippen molar-refractivity contribution in [2.45, 2.75) is 44.4 Å². The summed E-state index contributed by atoms with van der Waals surface area (Å²) in [6, 6.07) is 10.3. The number of benzene rings is 1. The molecule has 3 nitrogen and oxygen atoms in total. The van der Waals surface area contributed by atoms with E-state index in [2.05, 4.69) is 41.6 Å². The Kier molecular flexibility index (Phi) is 5.62. The van der Waals surface area contributed by atoms with Gasteiger partial charge in [-0.1, -0.05) is 52.9 Å². The lowest BCUT2D eigenvalue weighted by Gasteiger charge is -2.43. The van der Waals surface area contributed by atoms with E-state index in [1.165, 1.54) is 5.56 Å². The lowest BCUT2D eigenvalue weighted by molar-refractivity contribution is -0.248. The maximum absolute atomic E-state index is 6.17. The number of hydrogen-bond donors (Lipinski definition) is 0. The number of hydrogen-bond acceptors (Lipinski definition) is 3. The minimum absolute atomic E-state index is 0.0792. The summed E-state index contributed by atoms with van der Waals surface area (Å²) in [5, 5.41) is 0. The number of rotatable bonds is 5. The van der Waals surface area contributed by atoms with Crippen LogP contribution in [0.5, 0.6) is 0 Å². The average molecular weight is 376 g/mol. The number of halogens is 1. The van der Waals surface area contributed by atoms with E-state index >= 15 is 0 Å². The molecular weight excluding hydrogens is 355 g/mol. The van der Waals surface area contributed by atoms with Gasteiger partial charge in [0.1, 0.15) is 0 Å².